The maximum absolute atomic E-state index is 13.6. The smallest absolute Gasteiger partial charge is 0.278 e. The van der Waals surface area contributed by atoms with Crippen LogP contribution < -0.4 is 9.64 Å². The quantitative estimate of drug-likeness (QED) is 0.563. The molecule has 2 amide bonds. The summed E-state index contributed by atoms with van der Waals surface area (Å²) in [6, 6.07) is 24.7. The second-order valence-electron chi connectivity index (χ2n) is 7.50. The van der Waals surface area contributed by atoms with E-state index in [-0.39, 0.29) is 18.4 Å². The van der Waals surface area contributed by atoms with E-state index in [1.807, 2.05) is 79.7 Å². The second kappa shape index (κ2) is 8.48. The number of hydrogen-bond donors (Lipinski definition) is 0. The Labute approximate surface area is 182 Å². The number of rotatable bonds is 6. The van der Waals surface area contributed by atoms with Gasteiger partial charge in [-0.15, -0.1) is 0 Å². The summed E-state index contributed by atoms with van der Waals surface area (Å²) in [5.74, 6) is -0.0968. The van der Waals surface area contributed by atoms with Gasteiger partial charge in [0.05, 0.1) is 19.2 Å². The third-order valence-corrected chi connectivity index (χ3v) is 5.46. The average molecular weight is 412 g/mol. The van der Waals surface area contributed by atoms with Crippen LogP contribution in [-0.2, 0) is 16.1 Å². The molecule has 0 N–H and O–H groups in total. The fraction of sp³-hybridized carbons (Fsp3) is 0.154. The van der Waals surface area contributed by atoms with Crippen molar-refractivity contribution in [3.8, 4) is 5.75 Å². The van der Waals surface area contributed by atoms with Crippen molar-refractivity contribution < 1.29 is 14.3 Å². The Hall–Kier alpha value is -3.86. The number of aryl methyl sites for hydroxylation is 1. The highest BCUT2D eigenvalue weighted by molar-refractivity contribution is 6.37. The number of anilines is 1. The van der Waals surface area contributed by atoms with Crippen molar-refractivity contribution in [2.45, 2.75) is 13.5 Å². The van der Waals surface area contributed by atoms with Crippen LogP contribution in [0.1, 0.15) is 16.7 Å². The van der Waals surface area contributed by atoms with Gasteiger partial charge < -0.3 is 9.64 Å². The number of benzene rings is 3. The third kappa shape index (κ3) is 3.82. The molecule has 0 spiro atoms. The Morgan fingerprint density at radius 3 is 2.16 bits per heavy atom. The number of carbonyl (C=O) groups excluding carboxylic acids is 2. The number of carbonyl (C=O) groups is 2. The normalized spacial score (nSPS) is 13.7. The molecule has 1 aliphatic rings. The van der Waals surface area contributed by atoms with Crippen molar-refractivity contribution in [3.05, 3.63) is 101 Å². The van der Waals surface area contributed by atoms with E-state index in [1.54, 1.807) is 25.1 Å². The van der Waals surface area contributed by atoms with Crippen LogP contribution in [-0.4, -0.2) is 30.9 Å². The SMILES string of the molecule is COc1ccccc1C1=C(N(C)c2ccccc2)C(=O)N(Cc2ccc(C)cc2)C1=O. The summed E-state index contributed by atoms with van der Waals surface area (Å²) in [6.07, 6.45) is 0. The first-order chi connectivity index (χ1) is 15.0. The summed E-state index contributed by atoms with van der Waals surface area (Å²) in [7, 11) is 3.37. The van der Waals surface area contributed by atoms with E-state index in [2.05, 4.69) is 0 Å². The molecule has 0 radical (unpaired) electrons. The molecule has 156 valence electrons. The van der Waals surface area contributed by atoms with Crippen molar-refractivity contribution in [2.24, 2.45) is 0 Å². The minimum absolute atomic E-state index is 0.211. The number of ether oxygens (including phenoxy) is 1. The number of nitrogens with zero attached hydrogens (tertiary/aromatic N) is 2. The maximum atomic E-state index is 13.6. The van der Waals surface area contributed by atoms with Crippen molar-refractivity contribution in [1.29, 1.82) is 0 Å². The van der Waals surface area contributed by atoms with Crippen LogP contribution >= 0.6 is 0 Å². The molecule has 0 saturated carbocycles. The number of methoxy groups -OCH3 is 1. The molecule has 1 aliphatic heterocycles. The van der Waals surface area contributed by atoms with Gasteiger partial charge in [0.25, 0.3) is 11.8 Å². The number of amides is 2. The van der Waals surface area contributed by atoms with Gasteiger partial charge in [-0.3, -0.25) is 14.5 Å². The average Bonchev–Trinajstić information content (AvgIpc) is 3.05. The first-order valence-electron chi connectivity index (χ1n) is 10.1. The minimum atomic E-state index is -0.326. The number of hydrogen-bond acceptors (Lipinski definition) is 4. The molecular formula is C26H24N2O3. The van der Waals surface area contributed by atoms with Gasteiger partial charge >= 0.3 is 0 Å². The predicted octanol–water partition coefficient (Wildman–Crippen LogP) is 4.42. The highest BCUT2D eigenvalue weighted by atomic mass is 16.5. The zero-order chi connectivity index (χ0) is 22.0. The predicted molar refractivity (Wildman–Crippen MR) is 121 cm³/mol. The lowest BCUT2D eigenvalue weighted by atomic mass is 10.0. The van der Waals surface area contributed by atoms with Gasteiger partial charge in [0.15, 0.2) is 0 Å². The third-order valence-electron chi connectivity index (χ3n) is 5.46. The van der Waals surface area contributed by atoms with Gasteiger partial charge in [-0.05, 0) is 30.7 Å². The standard InChI is InChI=1S/C26H24N2O3/c1-18-13-15-19(16-14-18)17-28-25(29)23(21-11-7-8-12-22(21)31-3)24(26(28)30)27(2)20-9-5-4-6-10-20/h4-16H,17H2,1-3H3. The van der Waals surface area contributed by atoms with Gasteiger partial charge in [-0.2, -0.15) is 0 Å². The summed E-state index contributed by atoms with van der Waals surface area (Å²) in [4.78, 5) is 30.2. The largest absolute Gasteiger partial charge is 0.496 e. The molecule has 5 nitrogen and oxygen atoms in total. The summed E-state index contributed by atoms with van der Waals surface area (Å²) in [6.45, 7) is 2.22. The van der Waals surface area contributed by atoms with Gasteiger partial charge in [0.1, 0.15) is 11.4 Å². The number of para-hydroxylation sites is 2. The van der Waals surface area contributed by atoms with Gasteiger partial charge in [0, 0.05) is 18.3 Å². The first-order valence-corrected chi connectivity index (χ1v) is 10.1. The first kappa shape index (κ1) is 20.4. The van der Waals surface area contributed by atoms with Crippen LogP contribution in [0.25, 0.3) is 5.57 Å². The van der Waals surface area contributed by atoms with Gasteiger partial charge in [0.2, 0.25) is 0 Å². The second-order valence-corrected chi connectivity index (χ2v) is 7.50. The van der Waals surface area contributed by atoms with Crippen LogP contribution in [0.3, 0.4) is 0 Å². The fourth-order valence-electron chi connectivity index (χ4n) is 3.77. The lowest BCUT2D eigenvalue weighted by Gasteiger charge is -2.21. The molecular weight excluding hydrogens is 388 g/mol. The van der Waals surface area contributed by atoms with E-state index in [0.717, 1.165) is 16.8 Å². The van der Waals surface area contributed by atoms with E-state index in [9.17, 15) is 9.59 Å². The molecule has 0 atom stereocenters. The Balaban J connectivity index is 1.82. The van der Waals surface area contributed by atoms with E-state index in [1.165, 1.54) is 4.90 Å². The Morgan fingerprint density at radius 1 is 0.839 bits per heavy atom. The Bertz CT molecular complexity index is 1150. The summed E-state index contributed by atoms with van der Waals surface area (Å²) < 4.78 is 5.51. The molecule has 0 aliphatic carbocycles. The number of imide groups is 1. The topological polar surface area (TPSA) is 49.9 Å². The van der Waals surface area contributed by atoms with E-state index < -0.39 is 0 Å². The zero-order valence-corrected chi connectivity index (χ0v) is 17.8. The van der Waals surface area contributed by atoms with E-state index >= 15 is 0 Å². The molecule has 31 heavy (non-hydrogen) atoms. The lowest BCUT2D eigenvalue weighted by molar-refractivity contribution is -0.137. The van der Waals surface area contributed by atoms with Crippen molar-refractivity contribution >= 4 is 23.1 Å². The van der Waals surface area contributed by atoms with E-state index in [4.69, 9.17) is 4.74 Å². The van der Waals surface area contributed by atoms with Crippen LogP contribution in [0.2, 0.25) is 0 Å². The number of likely N-dealkylation sites (N-methyl/N-ethyl adjacent to an activating group) is 1. The summed E-state index contributed by atoms with van der Waals surface area (Å²) >= 11 is 0. The van der Waals surface area contributed by atoms with Gasteiger partial charge in [-0.25, -0.2) is 0 Å². The van der Waals surface area contributed by atoms with Crippen LogP contribution in [0, 0.1) is 6.92 Å². The minimum Gasteiger partial charge on any atom is -0.496 e. The monoisotopic (exact) mass is 412 g/mol. The Kier molecular flexibility index (Phi) is 5.58. The van der Waals surface area contributed by atoms with Gasteiger partial charge in [-0.1, -0.05) is 66.2 Å². The molecule has 0 bridgehead atoms. The van der Waals surface area contributed by atoms with Crippen LogP contribution in [0.15, 0.2) is 84.6 Å². The molecule has 0 aromatic heterocycles. The molecule has 0 fully saturated rings. The highest BCUT2D eigenvalue weighted by Gasteiger charge is 2.42. The van der Waals surface area contributed by atoms with Crippen molar-refractivity contribution in [2.75, 3.05) is 19.1 Å². The Morgan fingerprint density at radius 2 is 1.48 bits per heavy atom. The summed E-state index contributed by atoms with van der Waals surface area (Å²) in [5, 5.41) is 0. The van der Waals surface area contributed by atoms with Crippen molar-refractivity contribution in [3.63, 3.8) is 0 Å². The van der Waals surface area contributed by atoms with Crippen molar-refractivity contribution in [1.82, 2.24) is 4.90 Å². The molecule has 0 unspecified atom stereocenters. The maximum Gasteiger partial charge on any atom is 0.278 e. The van der Waals surface area contributed by atoms with Crippen LogP contribution in [0.4, 0.5) is 5.69 Å². The molecule has 0 saturated heterocycles. The summed E-state index contributed by atoms with van der Waals surface area (Å²) in [5.41, 5.74) is 4.14. The highest BCUT2D eigenvalue weighted by Crippen LogP contribution is 2.37. The molecule has 5 heteroatoms. The van der Waals surface area contributed by atoms with E-state index in [0.29, 0.717) is 22.6 Å². The fourth-order valence-corrected chi connectivity index (χ4v) is 3.77. The molecule has 4 rings (SSSR count). The lowest BCUT2D eigenvalue weighted by Crippen LogP contribution is -2.33. The molecule has 3 aromatic carbocycles. The molecule has 3 aromatic rings. The zero-order valence-electron chi connectivity index (χ0n) is 17.8. The molecule has 1 heterocycles. The van der Waals surface area contributed by atoms with Crippen LogP contribution in [0.5, 0.6) is 5.75 Å².